The van der Waals surface area contributed by atoms with E-state index in [2.05, 4.69) is 15.9 Å². The highest BCUT2D eigenvalue weighted by Crippen LogP contribution is 2.23. The topological polar surface area (TPSA) is 170 Å². The fourth-order valence-corrected chi connectivity index (χ4v) is 2.37. The van der Waals surface area contributed by atoms with E-state index >= 15 is 0 Å². The number of rotatable bonds is 4. The molecule has 0 aliphatic rings. The zero-order valence-electron chi connectivity index (χ0n) is 16.0. The van der Waals surface area contributed by atoms with Crippen LogP contribution >= 0.6 is 58.8 Å². The first-order valence-electron chi connectivity index (χ1n) is 7.78. The van der Waals surface area contributed by atoms with E-state index in [1.54, 1.807) is 0 Å². The summed E-state index contributed by atoms with van der Waals surface area (Å²) in [6.45, 7) is 0.0561. The van der Waals surface area contributed by atoms with Crippen molar-refractivity contribution in [2.45, 2.75) is 0 Å². The number of carbonyl (C=O) groups is 1. The minimum atomic E-state index is -0.641. The van der Waals surface area contributed by atoms with Crippen molar-refractivity contribution in [2.24, 2.45) is 33.1 Å². The van der Waals surface area contributed by atoms with Gasteiger partial charge in [-0.15, -0.1) is 17.5 Å². The number of aliphatic imine (C=N–C) groups is 1. The van der Waals surface area contributed by atoms with Gasteiger partial charge in [0.15, 0.2) is 6.29 Å². The van der Waals surface area contributed by atoms with E-state index < -0.39 is 11.6 Å². The van der Waals surface area contributed by atoms with E-state index in [0.717, 1.165) is 6.07 Å². The van der Waals surface area contributed by atoms with Crippen molar-refractivity contribution < 1.29 is 13.6 Å². The number of guanidine groups is 1. The summed E-state index contributed by atoms with van der Waals surface area (Å²) in [5, 5.41) is 10.1. The third-order valence-electron chi connectivity index (χ3n) is 2.85. The van der Waals surface area contributed by atoms with Crippen molar-refractivity contribution in [3.05, 3.63) is 67.1 Å². The normalized spacial score (nSPS) is 9.44. The molecule has 0 fully saturated rings. The summed E-state index contributed by atoms with van der Waals surface area (Å²) in [5.74, 6) is 3.14. The van der Waals surface area contributed by atoms with Crippen LogP contribution in [0.25, 0.3) is 0 Å². The molecule has 0 spiro atoms. The number of aldehydes is 1. The van der Waals surface area contributed by atoms with Gasteiger partial charge >= 0.3 is 0 Å². The second-order valence-electron chi connectivity index (χ2n) is 5.24. The Bertz CT molecular complexity index is 986. The number of hydrazone groups is 1. The first kappa shape index (κ1) is 31.8. The number of benzene rings is 2. The van der Waals surface area contributed by atoms with Gasteiger partial charge in [0.25, 0.3) is 0 Å². The van der Waals surface area contributed by atoms with Crippen LogP contribution in [0.15, 0.2) is 34.4 Å². The average Bonchev–Trinajstić information content (AvgIpc) is 2.69. The Morgan fingerprint density at radius 3 is 1.69 bits per heavy atom. The Hall–Kier alpha value is -2.37. The summed E-state index contributed by atoms with van der Waals surface area (Å²) in [4.78, 5) is 14.0. The Morgan fingerprint density at radius 1 is 0.906 bits per heavy atom. The molecule has 15 heteroatoms. The Morgan fingerprint density at radius 2 is 1.31 bits per heavy atom. The lowest BCUT2D eigenvalue weighted by molar-refractivity contribution is 0.112. The molecule has 0 aromatic heterocycles. The lowest BCUT2D eigenvalue weighted by Gasteiger charge is -2.00. The number of nitrogens with zero attached hydrogens (tertiary/aromatic N) is 2. The largest absolute Gasteiger partial charge is 0.386 e. The number of hydrogen-bond acceptors (Lipinski definition) is 5. The molecule has 8 nitrogen and oxygen atoms in total. The Labute approximate surface area is 208 Å². The van der Waals surface area contributed by atoms with Crippen LogP contribution in [0.5, 0.6) is 0 Å². The first-order valence-corrected chi connectivity index (χ1v) is 9.29. The summed E-state index contributed by atoms with van der Waals surface area (Å²) >= 11 is 22.2. The summed E-state index contributed by atoms with van der Waals surface area (Å²) < 4.78 is 25.6. The molecule has 0 bridgehead atoms. The van der Waals surface area contributed by atoms with Crippen molar-refractivity contribution in [3.63, 3.8) is 0 Å². The first-order chi connectivity index (χ1) is 14.4. The molecule has 0 heterocycles. The van der Waals surface area contributed by atoms with Crippen molar-refractivity contribution in [1.82, 2.24) is 0 Å². The van der Waals surface area contributed by atoms with Gasteiger partial charge in [0, 0.05) is 17.3 Å². The van der Waals surface area contributed by atoms with E-state index in [1.165, 1.54) is 24.4 Å². The zero-order valence-corrected chi connectivity index (χ0v) is 19.8. The number of nitrogens with two attached hydrogens (primary N) is 4. The maximum absolute atomic E-state index is 13.0. The van der Waals surface area contributed by atoms with Crippen LogP contribution in [0.4, 0.5) is 8.78 Å². The maximum atomic E-state index is 13.0. The van der Waals surface area contributed by atoms with Crippen LogP contribution in [0.1, 0.15) is 15.9 Å². The lowest BCUT2D eigenvalue weighted by atomic mass is 10.2. The lowest BCUT2D eigenvalue weighted by Crippen LogP contribution is -2.23. The third kappa shape index (κ3) is 12.5. The summed E-state index contributed by atoms with van der Waals surface area (Å²) in [6.07, 6.45) is 1.82. The van der Waals surface area contributed by atoms with Gasteiger partial charge < -0.3 is 23.0 Å². The molecule has 0 aliphatic carbocycles. The van der Waals surface area contributed by atoms with Crippen LogP contribution in [-0.2, 0) is 0 Å². The van der Waals surface area contributed by atoms with Crippen molar-refractivity contribution >= 4 is 83.1 Å². The van der Waals surface area contributed by atoms with E-state index in [1.807, 2.05) is 0 Å². The van der Waals surface area contributed by atoms with Gasteiger partial charge in [-0.2, -0.15) is 0 Å². The summed E-state index contributed by atoms with van der Waals surface area (Å²) in [7, 11) is 0. The minimum Gasteiger partial charge on any atom is -0.386 e. The molecule has 0 aliphatic heterocycles. The molecule has 0 atom stereocenters. The zero-order chi connectivity index (χ0) is 24.1. The maximum Gasteiger partial charge on any atom is 0.208 e. The summed E-state index contributed by atoms with van der Waals surface area (Å²) in [6, 6.07) is 4.67. The number of halogens is 7. The molecule has 0 amide bonds. The van der Waals surface area contributed by atoms with Crippen molar-refractivity contribution in [3.8, 4) is 0 Å². The molecule has 2 aromatic carbocycles. The molecule has 0 unspecified atom stereocenters. The van der Waals surface area contributed by atoms with Crippen molar-refractivity contribution in [2.75, 3.05) is 6.54 Å². The molecule has 0 radical (unpaired) electrons. The van der Waals surface area contributed by atoms with Crippen LogP contribution < -0.4 is 23.0 Å². The number of nitrogens with one attached hydrogen (secondary N) is 1. The molecule has 176 valence electrons. The minimum absolute atomic E-state index is 0. The number of carbonyl (C=O) groups excluding carboxylic acids is 1. The van der Waals surface area contributed by atoms with Gasteiger partial charge in [0.1, 0.15) is 17.5 Å². The molecule has 0 saturated heterocycles. The highest BCUT2D eigenvalue weighted by Gasteiger charge is 2.06. The highest BCUT2D eigenvalue weighted by molar-refractivity contribution is 6.36. The predicted molar refractivity (Wildman–Crippen MR) is 130 cm³/mol. The van der Waals surface area contributed by atoms with E-state index in [4.69, 9.17) is 69.0 Å². The van der Waals surface area contributed by atoms with Gasteiger partial charge in [-0.05, 0) is 24.3 Å². The summed E-state index contributed by atoms with van der Waals surface area (Å²) in [5.41, 5.74) is 15.0. The highest BCUT2D eigenvalue weighted by atomic mass is 35.5. The second kappa shape index (κ2) is 16.3. The van der Waals surface area contributed by atoms with Crippen LogP contribution in [0.2, 0.25) is 20.1 Å². The standard InChI is InChI=1S/C9H8Cl2FN3.C7H3Cl2FO.CH6N4.ClH/c10-6-2-7(11)8(12)1-5(6)3-15-4-9(13)14;8-5-2-6(9)7(10)1-4(5)3-11;2-1(3)5-4;/h1-3H,4H2,(H3,13,14);1-3H;4H2,(H4,2,3,5);1H. The Balaban J connectivity index is 0. The molecule has 2 aromatic rings. The van der Waals surface area contributed by atoms with E-state index in [-0.39, 0.29) is 51.4 Å². The molecule has 32 heavy (non-hydrogen) atoms. The molecule has 0 saturated carbocycles. The third-order valence-corrected chi connectivity index (χ3v) is 4.08. The van der Waals surface area contributed by atoms with Gasteiger partial charge in [0.05, 0.1) is 26.6 Å². The van der Waals surface area contributed by atoms with Gasteiger partial charge in [-0.25, -0.2) is 8.78 Å². The smallest absolute Gasteiger partial charge is 0.208 e. The predicted octanol–water partition coefficient (Wildman–Crippen LogP) is 3.99. The Kier molecular flexibility index (Phi) is 16.2. The van der Waals surface area contributed by atoms with E-state index in [9.17, 15) is 13.6 Å². The fraction of sp³-hybridized carbons (Fsp3) is 0.0588. The van der Waals surface area contributed by atoms with Gasteiger partial charge in [-0.1, -0.05) is 46.4 Å². The van der Waals surface area contributed by atoms with Crippen LogP contribution in [-0.4, -0.2) is 30.8 Å². The number of amidine groups is 1. The fourth-order valence-electron chi connectivity index (χ4n) is 1.51. The quantitative estimate of drug-likeness (QED) is 0.0965. The molecule has 2 rings (SSSR count). The van der Waals surface area contributed by atoms with Gasteiger partial charge in [0.2, 0.25) is 5.96 Å². The average molecular weight is 552 g/mol. The van der Waals surface area contributed by atoms with Crippen molar-refractivity contribution in [1.29, 1.82) is 5.41 Å². The SMILES string of the molecule is Cl.N=C(N)CN=Cc1cc(F)c(Cl)cc1Cl.NN=C(N)N.O=Cc1cc(F)c(Cl)cc1Cl. The molecular weight excluding hydrogens is 533 g/mol. The number of hydrogen-bond donors (Lipinski definition) is 5. The molecule has 9 N–H and O–H groups in total. The van der Waals surface area contributed by atoms with E-state index in [0.29, 0.717) is 16.9 Å². The monoisotopic (exact) mass is 549 g/mol. The van der Waals surface area contributed by atoms with Crippen LogP contribution in [0.3, 0.4) is 0 Å². The second-order valence-corrected chi connectivity index (χ2v) is 6.87. The van der Waals surface area contributed by atoms with Crippen LogP contribution in [0, 0.1) is 17.0 Å². The molecular formula is C17H18Cl5F2N7O. The van der Waals surface area contributed by atoms with Gasteiger partial charge in [-0.3, -0.25) is 15.2 Å².